The van der Waals surface area contributed by atoms with Crippen LogP contribution in [0.25, 0.3) is 10.4 Å². The average molecular weight is 764 g/mol. The molecule has 1 saturated heterocycles. The Balaban J connectivity index is 2.96. The van der Waals surface area contributed by atoms with Gasteiger partial charge in [0, 0.05) is 24.4 Å². The van der Waals surface area contributed by atoms with E-state index in [4.69, 9.17) is 16.4 Å². The van der Waals surface area contributed by atoms with Crippen molar-refractivity contribution < 1.29 is 24.3 Å². The molecule has 0 aromatic rings. The van der Waals surface area contributed by atoms with Gasteiger partial charge >= 0.3 is 5.97 Å². The van der Waals surface area contributed by atoms with Gasteiger partial charge in [0.15, 0.2) is 0 Å². The van der Waals surface area contributed by atoms with E-state index >= 15 is 0 Å². The van der Waals surface area contributed by atoms with E-state index in [1.165, 1.54) is 145 Å². The van der Waals surface area contributed by atoms with Crippen molar-refractivity contribution in [1.82, 2.24) is 15.5 Å². The van der Waals surface area contributed by atoms with Crippen LogP contribution in [0.15, 0.2) is 5.11 Å². The van der Waals surface area contributed by atoms with Crippen LogP contribution in [0.2, 0.25) is 24.2 Å². The number of aliphatic carboxylic acids is 1. The van der Waals surface area contributed by atoms with E-state index in [1.807, 2.05) is 0 Å². The molecule has 0 radical (unpaired) electrons. The van der Waals surface area contributed by atoms with Crippen molar-refractivity contribution in [3.8, 4) is 0 Å². The highest BCUT2D eigenvalue weighted by Gasteiger charge is 2.38. The van der Waals surface area contributed by atoms with Crippen molar-refractivity contribution in [1.29, 1.82) is 0 Å². The second-order valence-electron chi connectivity index (χ2n) is 15.6. The van der Waals surface area contributed by atoms with Gasteiger partial charge in [0.25, 0.3) is 0 Å². The fourth-order valence-electron chi connectivity index (χ4n) is 7.95. The molecule has 0 saturated carbocycles. The number of rotatable bonds is 36. The normalized spacial score (nSPS) is 14.9. The number of carboxylic acids is 1. The van der Waals surface area contributed by atoms with E-state index in [-0.39, 0.29) is 18.7 Å². The molecule has 13 heteroatoms. The number of unbranched alkanes of at least 4 members (excludes halogenated alkanes) is 18. The first-order chi connectivity index (χ1) is 25.7. The molecule has 12 nitrogen and oxygen atoms in total. The topological polar surface area (TPSA) is 191 Å². The smallest absolute Gasteiger partial charge is 0.322 e. The lowest BCUT2D eigenvalue weighted by atomic mass is 10.1. The van der Waals surface area contributed by atoms with Crippen LogP contribution in [0.1, 0.15) is 168 Å². The summed E-state index contributed by atoms with van der Waals surface area (Å²) < 4.78 is 0. The summed E-state index contributed by atoms with van der Waals surface area (Å²) in [4.78, 5) is 54.2. The maximum atomic E-state index is 13.9. The van der Waals surface area contributed by atoms with E-state index < -0.39 is 44.5 Å². The number of nitrogens with zero attached hydrogens (tertiary/aromatic N) is 4. The standard InChI is InChI=1S/C40H77N7O5Si/c1-3-5-7-9-11-13-15-17-19-21-30-53(33-28-45-46-42,31-22-20-18-16-14-12-10-8-6-4-2)32-27-43-35(25-26-37(41)48)40(52)47-29-23-24-36(47)39(51)44-34-38(49)50/h35-36,43H,3-34H2,1-2H3,(H2,41,48)(H,44,51)(H,49,50)/t35-,36-/m1/s1. The molecule has 5 N–H and O–H groups in total. The Morgan fingerprint density at radius 3 is 1.79 bits per heavy atom. The van der Waals surface area contributed by atoms with Crippen molar-refractivity contribution in [3.63, 3.8) is 0 Å². The summed E-state index contributed by atoms with van der Waals surface area (Å²) in [6, 6.07) is 2.85. The number of carboxylic acid groups (broad SMARTS) is 1. The van der Waals surface area contributed by atoms with E-state index in [9.17, 15) is 19.2 Å². The Hall–Kier alpha value is -2.63. The highest BCUT2D eigenvalue weighted by Crippen LogP contribution is 2.32. The molecule has 0 spiro atoms. The summed E-state index contributed by atoms with van der Waals surface area (Å²) in [7, 11) is -1.91. The van der Waals surface area contributed by atoms with Crippen molar-refractivity contribution in [3.05, 3.63) is 10.4 Å². The number of carbonyl (C=O) groups is 4. The number of primary amides is 1. The summed E-state index contributed by atoms with van der Waals surface area (Å²) >= 11 is 0. The van der Waals surface area contributed by atoms with Gasteiger partial charge in [-0.05, 0) is 37.4 Å². The van der Waals surface area contributed by atoms with Crippen LogP contribution in [0.5, 0.6) is 0 Å². The lowest BCUT2D eigenvalue weighted by Gasteiger charge is -2.34. The average Bonchev–Trinajstić information content (AvgIpc) is 3.63. The lowest BCUT2D eigenvalue weighted by Crippen LogP contribution is -2.53. The molecule has 3 amide bonds. The minimum Gasteiger partial charge on any atom is -0.480 e. The molecule has 1 heterocycles. The molecule has 0 aromatic heterocycles. The first-order valence-electron chi connectivity index (χ1n) is 21.5. The zero-order chi connectivity index (χ0) is 39.0. The van der Waals surface area contributed by atoms with Crippen molar-refractivity contribution in [2.45, 2.75) is 204 Å². The predicted octanol–water partition coefficient (Wildman–Crippen LogP) is 9.00. The number of nitrogens with one attached hydrogen (secondary N) is 2. The van der Waals surface area contributed by atoms with E-state index in [1.54, 1.807) is 0 Å². The molecule has 0 unspecified atom stereocenters. The van der Waals surface area contributed by atoms with Gasteiger partial charge in [0.2, 0.25) is 17.7 Å². The van der Waals surface area contributed by atoms with Crippen LogP contribution in [-0.2, 0) is 19.2 Å². The Kier molecular flexibility index (Phi) is 28.9. The number of carbonyl (C=O) groups excluding carboxylic acids is 3. The van der Waals surface area contributed by atoms with Crippen LogP contribution in [-0.4, -0.2) is 80.0 Å². The third-order valence-electron chi connectivity index (χ3n) is 11.2. The number of nitrogens with two attached hydrogens (primary N) is 1. The van der Waals surface area contributed by atoms with Gasteiger partial charge in [0.05, 0.1) is 14.1 Å². The fourth-order valence-corrected chi connectivity index (χ4v) is 12.7. The van der Waals surface area contributed by atoms with E-state index in [0.29, 0.717) is 32.5 Å². The first-order valence-corrected chi connectivity index (χ1v) is 24.3. The maximum Gasteiger partial charge on any atom is 0.322 e. The monoisotopic (exact) mass is 764 g/mol. The Bertz CT molecular complexity index is 1030. The number of amides is 3. The van der Waals surface area contributed by atoms with Gasteiger partial charge in [-0.15, -0.1) is 0 Å². The SMILES string of the molecule is CCCCCCCCCCCC[Si](CCCCCCCCCCCC)(CCN=[N+]=[N-])CCN[C@H](CCC(N)=O)C(=O)N1CCC[C@@H]1C(=O)NCC(=O)O. The lowest BCUT2D eigenvalue weighted by molar-refractivity contribution is -0.141. The third-order valence-corrected chi connectivity index (χ3v) is 16.6. The molecule has 0 aromatic carbocycles. The first kappa shape index (κ1) is 48.4. The van der Waals surface area contributed by atoms with Crippen LogP contribution >= 0.6 is 0 Å². The summed E-state index contributed by atoms with van der Waals surface area (Å²) in [5.41, 5.74) is 14.7. The summed E-state index contributed by atoms with van der Waals surface area (Å²) in [6.07, 6.45) is 27.2. The number of hydrogen-bond acceptors (Lipinski definition) is 6. The van der Waals surface area contributed by atoms with Crippen LogP contribution in [0, 0.1) is 0 Å². The van der Waals surface area contributed by atoms with Gasteiger partial charge in [-0.1, -0.05) is 166 Å². The number of azide groups is 1. The molecule has 306 valence electrons. The molecule has 0 aliphatic carbocycles. The Morgan fingerprint density at radius 1 is 0.811 bits per heavy atom. The molecule has 1 aliphatic rings. The zero-order valence-electron chi connectivity index (χ0n) is 33.7. The summed E-state index contributed by atoms with van der Waals surface area (Å²) in [6.45, 7) is 5.52. The fraction of sp³-hybridized carbons (Fsp3) is 0.900. The highest BCUT2D eigenvalue weighted by molar-refractivity contribution is 6.80. The van der Waals surface area contributed by atoms with Gasteiger partial charge in [-0.25, -0.2) is 0 Å². The third kappa shape index (κ3) is 23.7. The molecule has 53 heavy (non-hydrogen) atoms. The molecule has 1 aliphatic heterocycles. The summed E-state index contributed by atoms with van der Waals surface area (Å²) in [5, 5.41) is 18.9. The molecular weight excluding hydrogens is 687 g/mol. The van der Waals surface area contributed by atoms with Gasteiger partial charge in [-0.3, -0.25) is 19.2 Å². The molecular formula is C40H77N7O5Si. The van der Waals surface area contributed by atoms with Crippen LogP contribution < -0.4 is 16.4 Å². The minimum atomic E-state index is -1.91. The molecule has 0 bridgehead atoms. The Labute approximate surface area is 322 Å². The second kappa shape index (κ2) is 31.7. The number of likely N-dealkylation sites (tertiary alicyclic amines) is 1. The quantitative estimate of drug-likeness (QED) is 0.0162. The van der Waals surface area contributed by atoms with Crippen molar-refractivity contribution in [2.24, 2.45) is 10.8 Å². The number of hydrogen-bond donors (Lipinski definition) is 4. The molecule has 2 atom stereocenters. The van der Waals surface area contributed by atoms with E-state index in [2.05, 4.69) is 34.5 Å². The molecule has 1 fully saturated rings. The molecule has 1 rings (SSSR count). The van der Waals surface area contributed by atoms with Gasteiger partial charge in [-0.2, -0.15) is 0 Å². The van der Waals surface area contributed by atoms with Gasteiger partial charge in [0.1, 0.15) is 12.6 Å². The van der Waals surface area contributed by atoms with Crippen LogP contribution in [0.3, 0.4) is 0 Å². The summed E-state index contributed by atoms with van der Waals surface area (Å²) in [5.74, 6) is -2.34. The highest BCUT2D eigenvalue weighted by atomic mass is 28.3. The van der Waals surface area contributed by atoms with Crippen molar-refractivity contribution in [2.75, 3.05) is 26.2 Å². The van der Waals surface area contributed by atoms with Gasteiger partial charge < -0.3 is 26.4 Å². The minimum absolute atomic E-state index is 0.0454. The van der Waals surface area contributed by atoms with Crippen LogP contribution in [0.4, 0.5) is 0 Å². The Morgan fingerprint density at radius 2 is 1.32 bits per heavy atom. The zero-order valence-corrected chi connectivity index (χ0v) is 34.7. The maximum absolute atomic E-state index is 13.9. The second-order valence-corrected chi connectivity index (χ2v) is 20.6. The predicted molar refractivity (Wildman–Crippen MR) is 218 cm³/mol. The van der Waals surface area contributed by atoms with E-state index in [0.717, 1.165) is 12.1 Å². The van der Waals surface area contributed by atoms with Crippen molar-refractivity contribution >= 4 is 31.8 Å². The largest absolute Gasteiger partial charge is 0.480 e.